The van der Waals surface area contributed by atoms with Crippen molar-refractivity contribution in [2.24, 2.45) is 14.1 Å². The first-order chi connectivity index (χ1) is 11.5. The quantitative estimate of drug-likeness (QED) is 0.777. The molecule has 1 aromatic heterocycles. The van der Waals surface area contributed by atoms with Crippen molar-refractivity contribution in [1.29, 1.82) is 0 Å². The molecule has 0 unspecified atom stereocenters. The Bertz CT molecular complexity index is 851. The minimum atomic E-state index is -0.482. The van der Waals surface area contributed by atoms with Crippen LogP contribution in [-0.2, 0) is 23.6 Å². The van der Waals surface area contributed by atoms with Crippen LogP contribution in [0.5, 0.6) is 0 Å². The molecule has 0 N–H and O–H groups in total. The summed E-state index contributed by atoms with van der Waals surface area (Å²) in [5.74, 6) is -0.495. The van der Waals surface area contributed by atoms with Crippen molar-refractivity contribution in [1.82, 2.24) is 14.0 Å². The van der Waals surface area contributed by atoms with Gasteiger partial charge in [0.05, 0.1) is 24.2 Å². The number of fused-ring (bicyclic) bond motifs is 1. The van der Waals surface area contributed by atoms with Gasteiger partial charge in [-0.3, -0.25) is 13.9 Å². The number of likely N-dealkylation sites (tertiary alicyclic amines) is 1. The van der Waals surface area contributed by atoms with Crippen LogP contribution in [0.3, 0.4) is 0 Å². The van der Waals surface area contributed by atoms with E-state index in [0.29, 0.717) is 44.7 Å². The van der Waals surface area contributed by atoms with E-state index in [4.69, 9.17) is 9.47 Å². The molecule has 2 aliphatic heterocycles. The van der Waals surface area contributed by atoms with Crippen LogP contribution in [0.25, 0.3) is 11.0 Å². The molecule has 7 nitrogen and oxygen atoms in total. The largest absolute Gasteiger partial charge is 0.347 e. The fourth-order valence-corrected chi connectivity index (χ4v) is 3.66. The van der Waals surface area contributed by atoms with Gasteiger partial charge >= 0.3 is 5.69 Å². The predicted molar refractivity (Wildman–Crippen MR) is 87.9 cm³/mol. The van der Waals surface area contributed by atoms with Crippen LogP contribution in [-0.4, -0.2) is 52.0 Å². The fraction of sp³-hybridized carbons (Fsp3) is 0.529. The molecule has 1 amide bonds. The molecule has 0 atom stereocenters. The lowest BCUT2D eigenvalue weighted by molar-refractivity contribution is -0.181. The van der Waals surface area contributed by atoms with Crippen LogP contribution in [0.4, 0.5) is 0 Å². The highest BCUT2D eigenvalue weighted by Crippen LogP contribution is 2.31. The predicted octanol–water partition coefficient (Wildman–Crippen LogP) is 0.856. The molecule has 0 radical (unpaired) electrons. The fourth-order valence-electron chi connectivity index (χ4n) is 3.66. The maximum Gasteiger partial charge on any atom is 0.328 e. The summed E-state index contributed by atoms with van der Waals surface area (Å²) in [6.07, 6.45) is 1.40. The zero-order chi connectivity index (χ0) is 16.9. The molecule has 0 saturated carbocycles. The van der Waals surface area contributed by atoms with Crippen molar-refractivity contribution < 1.29 is 14.3 Å². The minimum Gasteiger partial charge on any atom is -0.347 e. The number of rotatable bonds is 1. The van der Waals surface area contributed by atoms with E-state index in [2.05, 4.69) is 0 Å². The van der Waals surface area contributed by atoms with Gasteiger partial charge in [0.25, 0.3) is 5.91 Å². The lowest BCUT2D eigenvalue weighted by Crippen LogP contribution is -2.47. The second-order valence-corrected chi connectivity index (χ2v) is 6.50. The van der Waals surface area contributed by atoms with E-state index in [9.17, 15) is 9.59 Å². The molecule has 7 heteroatoms. The standard InChI is InChI=1S/C17H21N3O4/c1-18-13-4-3-12(11-14(13)19(2)16(18)22)15(21)20-7-5-17(6-8-20)23-9-10-24-17/h3-4,11H,5-10H2,1-2H3. The summed E-state index contributed by atoms with van der Waals surface area (Å²) in [5.41, 5.74) is 2.10. The molecule has 2 aromatic rings. The Kier molecular flexibility index (Phi) is 3.51. The van der Waals surface area contributed by atoms with Gasteiger partial charge in [0, 0.05) is 45.6 Å². The third-order valence-electron chi connectivity index (χ3n) is 5.14. The van der Waals surface area contributed by atoms with Crippen molar-refractivity contribution in [3.63, 3.8) is 0 Å². The number of aromatic nitrogens is 2. The average Bonchev–Trinajstić information content (AvgIpc) is 3.14. The van der Waals surface area contributed by atoms with Crippen molar-refractivity contribution in [2.75, 3.05) is 26.3 Å². The summed E-state index contributed by atoms with van der Waals surface area (Å²) < 4.78 is 14.6. The third-order valence-corrected chi connectivity index (χ3v) is 5.14. The molecule has 4 rings (SSSR count). The number of hydrogen-bond acceptors (Lipinski definition) is 4. The average molecular weight is 331 g/mol. The van der Waals surface area contributed by atoms with Gasteiger partial charge in [0.2, 0.25) is 0 Å². The van der Waals surface area contributed by atoms with Crippen LogP contribution in [0.2, 0.25) is 0 Å². The SMILES string of the molecule is Cn1c(=O)n(C)c2cc(C(=O)N3CCC4(CC3)OCCO4)ccc21. The first kappa shape index (κ1) is 15.4. The number of nitrogens with zero attached hydrogens (tertiary/aromatic N) is 3. The van der Waals surface area contributed by atoms with Gasteiger partial charge in [-0.1, -0.05) is 0 Å². The molecule has 128 valence electrons. The van der Waals surface area contributed by atoms with Gasteiger partial charge in [-0.05, 0) is 18.2 Å². The molecule has 1 aromatic carbocycles. The second kappa shape index (κ2) is 5.46. The van der Waals surface area contributed by atoms with Crippen LogP contribution in [0.15, 0.2) is 23.0 Å². The summed E-state index contributed by atoms with van der Waals surface area (Å²) >= 11 is 0. The maximum absolute atomic E-state index is 12.8. The highest BCUT2D eigenvalue weighted by molar-refractivity contribution is 5.97. The molecule has 24 heavy (non-hydrogen) atoms. The minimum absolute atomic E-state index is 0.0129. The van der Waals surface area contributed by atoms with Crippen molar-refractivity contribution >= 4 is 16.9 Å². The molecular weight excluding hydrogens is 310 g/mol. The summed E-state index contributed by atoms with van der Waals surface area (Å²) in [4.78, 5) is 26.6. The van der Waals surface area contributed by atoms with Crippen LogP contribution in [0, 0.1) is 0 Å². The van der Waals surface area contributed by atoms with Crippen molar-refractivity contribution in [3.05, 3.63) is 34.2 Å². The lowest BCUT2D eigenvalue weighted by Gasteiger charge is -2.37. The highest BCUT2D eigenvalue weighted by Gasteiger charge is 2.40. The summed E-state index contributed by atoms with van der Waals surface area (Å²) in [6.45, 7) is 2.49. The normalized spacial score (nSPS) is 20.2. The van der Waals surface area contributed by atoms with Gasteiger partial charge < -0.3 is 14.4 Å². The monoisotopic (exact) mass is 331 g/mol. The van der Waals surface area contributed by atoms with Crippen LogP contribution < -0.4 is 5.69 Å². The van der Waals surface area contributed by atoms with E-state index < -0.39 is 5.79 Å². The summed E-state index contributed by atoms with van der Waals surface area (Å²) in [6, 6.07) is 5.42. The van der Waals surface area contributed by atoms with Gasteiger partial charge in [-0.2, -0.15) is 0 Å². The molecule has 2 saturated heterocycles. The molecule has 3 heterocycles. The van der Waals surface area contributed by atoms with E-state index in [0.717, 1.165) is 11.0 Å². The Morgan fingerprint density at radius 3 is 2.33 bits per heavy atom. The van der Waals surface area contributed by atoms with E-state index in [1.165, 1.54) is 0 Å². The number of carbonyl (C=O) groups is 1. The first-order valence-corrected chi connectivity index (χ1v) is 8.23. The Hall–Kier alpha value is -2.12. The third kappa shape index (κ3) is 2.27. The van der Waals surface area contributed by atoms with E-state index in [-0.39, 0.29) is 11.6 Å². The maximum atomic E-state index is 12.8. The molecule has 0 aliphatic carbocycles. The zero-order valence-electron chi connectivity index (χ0n) is 13.9. The van der Waals surface area contributed by atoms with Gasteiger partial charge in [-0.25, -0.2) is 4.79 Å². The second-order valence-electron chi connectivity index (χ2n) is 6.50. The number of ether oxygens (including phenoxy) is 2. The number of carbonyl (C=O) groups excluding carboxylic acids is 1. The van der Waals surface area contributed by atoms with Gasteiger partial charge in [-0.15, -0.1) is 0 Å². The van der Waals surface area contributed by atoms with Gasteiger partial charge in [0.1, 0.15) is 0 Å². The highest BCUT2D eigenvalue weighted by atomic mass is 16.7. The van der Waals surface area contributed by atoms with Crippen LogP contribution in [0.1, 0.15) is 23.2 Å². The van der Waals surface area contributed by atoms with Crippen molar-refractivity contribution in [3.8, 4) is 0 Å². The number of benzene rings is 1. The Morgan fingerprint density at radius 2 is 1.67 bits per heavy atom. The van der Waals surface area contributed by atoms with E-state index in [1.807, 2.05) is 11.0 Å². The molecule has 0 bridgehead atoms. The smallest absolute Gasteiger partial charge is 0.328 e. The number of imidazole rings is 1. The number of aryl methyl sites for hydroxylation is 2. The summed E-state index contributed by atoms with van der Waals surface area (Å²) in [5, 5.41) is 0. The van der Waals surface area contributed by atoms with Crippen LogP contribution >= 0.6 is 0 Å². The Morgan fingerprint density at radius 1 is 1.04 bits per heavy atom. The summed E-state index contributed by atoms with van der Waals surface area (Å²) in [7, 11) is 3.45. The van der Waals surface area contributed by atoms with E-state index in [1.54, 1.807) is 35.4 Å². The zero-order valence-corrected chi connectivity index (χ0v) is 13.9. The van der Waals surface area contributed by atoms with Crippen molar-refractivity contribution in [2.45, 2.75) is 18.6 Å². The molecule has 1 spiro atoms. The topological polar surface area (TPSA) is 65.7 Å². The number of amides is 1. The Balaban J connectivity index is 1.58. The van der Waals surface area contributed by atoms with Gasteiger partial charge in [0.15, 0.2) is 5.79 Å². The van der Waals surface area contributed by atoms with E-state index >= 15 is 0 Å². The first-order valence-electron chi connectivity index (χ1n) is 8.23. The molecular formula is C17H21N3O4. The Labute approximate surface area is 139 Å². The lowest BCUT2D eigenvalue weighted by atomic mass is 10.0. The molecule has 2 aliphatic rings. The molecule has 2 fully saturated rings. The number of hydrogen-bond donors (Lipinski definition) is 0. The number of piperidine rings is 1.